The van der Waals surface area contributed by atoms with E-state index in [1.165, 1.54) is 0 Å². The summed E-state index contributed by atoms with van der Waals surface area (Å²) in [5, 5.41) is 7.31. The van der Waals surface area contributed by atoms with Crippen molar-refractivity contribution in [1.82, 2.24) is 25.2 Å². The molecule has 1 fully saturated rings. The zero-order valence-corrected chi connectivity index (χ0v) is 23.1. The molecule has 1 aliphatic rings. The van der Waals surface area contributed by atoms with E-state index >= 15 is 0 Å². The van der Waals surface area contributed by atoms with Crippen molar-refractivity contribution < 1.29 is 14.3 Å². The third-order valence-corrected chi connectivity index (χ3v) is 6.89. The Labute approximate surface area is 234 Å². The van der Waals surface area contributed by atoms with Crippen LogP contribution in [0.1, 0.15) is 29.7 Å². The van der Waals surface area contributed by atoms with Crippen molar-refractivity contribution >= 4 is 34.5 Å². The summed E-state index contributed by atoms with van der Waals surface area (Å²) in [5.74, 6) is 2.17. The Morgan fingerprint density at radius 2 is 2.00 bits per heavy atom. The molecule has 1 aliphatic heterocycles. The van der Waals surface area contributed by atoms with Gasteiger partial charge in [0, 0.05) is 37.0 Å². The lowest BCUT2D eigenvalue weighted by molar-refractivity contribution is 0.124. The number of hydrogen-bond donors (Lipinski definition) is 2. The van der Waals surface area contributed by atoms with Gasteiger partial charge in [0.15, 0.2) is 0 Å². The molecule has 0 aliphatic carbocycles. The second-order valence-corrected chi connectivity index (χ2v) is 9.87. The van der Waals surface area contributed by atoms with E-state index in [2.05, 4.69) is 25.6 Å². The number of fused-ring (bicyclic) bond motifs is 1. The van der Waals surface area contributed by atoms with E-state index in [1.54, 1.807) is 19.6 Å². The van der Waals surface area contributed by atoms with Gasteiger partial charge in [0.05, 0.1) is 24.4 Å². The minimum Gasteiger partial charge on any atom is -0.455 e. The summed E-state index contributed by atoms with van der Waals surface area (Å²) in [7, 11) is 1.67. The van der Waals surface area contributed by atoms with Gasteiger partial charge in [-0.1, -0.05) is 18.2 Å². The average Bonchev–Trinajstić information content (AvgIpc) is 3.42. The first-order valence-corrected chi connectivity index (χ1v) is 13.4. The van der Waals surface area contributed by atoms with Crippen LogP contribution in [0, 0.1) is 13.8 Å². The molecule has 2 aromatic heterocycles. The van der Waals surface area contributed by atoms with Crippen molar-refractivity contribution in [3.05, 3.63) is 84.0 Å². The van der Waals surface area contributed by atoms with E-state index in [0.29, 0.717) is 24.7 Å². The Bertz CT molecular complexity index is 1510. The van der Waals surface area contributed by atoms with Gasteiger partial charge >= 0.3 is 6.03 Å². The summed E-state index contributed by atoms with van der Waals surface area (Å²) >= 11 is 0. The molecule has 40 heavy (non-hydrogen) atoms. The van der Waals surface area contributed by atoms with Crippen molar-refractivity contribution in [1.29, 1.82) is 0 Å². The zero-order chi connectivity index (χ0) is 27.9. The average molecular weight is 539 g/mol. The maximum atomic E-state index is 12.6. The van der Waals surface area contributed by atoms with Crippen LogP contribution < -0.4 is 15.4 Å². The highest BCUT2D eigenvalue weighted by molar-refractivity contribution is 5.92. The van der Waals surface area contributed by atoms with Crippen LogP contribution in [-0.2, 0) is 4.74 Å². The molecule has 0 saturated carbocycles. The molecule has 9 heteroatoms. The number of anilines is 2. The molecule has 2 amide bonds. The molecule has 9 nitrogen and oxygen atoms in total. The van der Waals surface area contributed by atoms with Crippen molar-refractivity contribution in [2.24, 2.45) is 0 Å². The van der Waals surface area contributed by atoms with Crippen molar-refractivity contribution in [2.45, 2.75) is 32.7 Å². The highest BCUT2D eigenvalue weighted by Gasteiger charge is 2.28. The van der Waals surface area contributed by atoms with Crippen molar-refractivity contribution in [3.63, 3.8) is 0 Å². The number of rotatable bonds is 9. The third-order valence-electron chi connectivity index (χ3n) is 6.89. The van der Waals surface area contributed by atoms with Crippen LogP contribution >= 0.6 is 0 Å². The number of carbonyl (C=O) groups excluding carboxylic acids is 1. The van der Waals surface area contributed by atoms with Gasteiger partial charge in [-0.05, 0) is 80.3 Å². The number of amides is 2. The first-order chi connectivity index (χ1) is 19.5. The second kappa shape index (κ2) is 12.6. The SMILES string of the molecule is COC[C@@H]1CCCN1C(=O)NC/C=C/c1ccc2ncnc(Nc3ccc(Oc4ccc(C)nc4)c(C)c3)c2c1. The molecule has 1 atom stereocenters. The standard InChI is InChI=1S/C31H34N6O3/c1-21-16-24(10-13-29(21)40-26-11-8-22(2)33-18-26)36-30-27-17-23(9-12-28(27)34-20-35-30)6-4-14-32-31(38)37-15-5-7-25(37)19-39-3/h4,6,8-13,16-18,20,25H,5,7,14-15,19H2,1-3H3,(H,32,38)(H,34,35,36)/b6-4+/t25-/m0/s1. The van der Waals surface area contributed by atoms with Crippen LogP contribution in [0.25, 0.3) is 17.0 Å². The fraction of sp³-hybridized carbons (Fsp3) is 0.290. The Morgan fingerprint density at radius 1 is 1.10 bits per heavy atom. The quantitative estimate of drug-likeness (QED) is 0.269. The lowest BCUT2D eigenvalue weighted by Gasteiger charge is -2.24. The molecule has 206 valence electrons. The number of carbonyl (C=O) groups is 1. The monoisotopic (exact) mass is 538 g/mol. The molecule has 2 aromatic carbocycles. The second-order valence-electron chi connectivity index (χ2n) is 9.87. The molecule has 0 spiro atoms. The van der Waals surface area contributed by atoms with E-state index < -0.39 is 0 Å². The largest absolute Gasteiger partial charge is 0.455 e. The lowest BCUT2D eigenvalue weighted by Crippen LogP contribution is -2.44. The van der Waals surface area contributed by atoms with Gasteiger partial charge in [-0.25, -0.2) is 14.8 Å². The van der Waals surface area contributed by atoms with E-state index in [9.17, 15) is 4.79 Å². The van der Waals surface area contributed by atoms with Gasteiger partial charge in [-0.2, -0.15) is 0 Å². The Balaban J connectivity index is 1.24. The van der Waals surface area contributed by atoms with Gasteiger partial charge in [0.1, 0.15) is 23.6 Å². The van der Waals surface area contributed by atoms with Crippen LogP contribution in [0.3, 0.4) is 0 Å². The Kier molecular flexibility index (Phi) is 8.51. The summed E-state index contributed by atoms with van der Waals surface area (Å²) in [6.07, 6.45) is 9.20. The topological polar surface area (TPSA) is 102 Å². The molecular formula is C31H34N6O3. The summed E-state index contributed by atoms with van der Waals surface area (Å²) in [6.45, 7) is 5.73. The number of nitrogens with one attached hydrogen (secondary N) is 2. The first kappa shape index (κ1) is 27.1. The lowest BCUT2D eigenvalue weighted by atomic mass is 10.1. The molecule has 4 aromatic rings. The van der Waals surface area contributed by atoms with E-state index in [4.69, 9.17) is 9.47 Å². The summed E-state index contributed by atoms with van der Waals surface area (Å²) in [5.41, 5.74) is 4.65. The number of benzene rings is 2. The van der Waals surface area contributed by atoms with Crippen molar-refractivity contribution in [3.8, 4) is 11.5 Å². The minimum atomic E-state index is -0.0511. The molecule has 1 saturated heterocycles. The van der Waals surface area contributed by atoms with Gasteiger partial charge in [-0.3, -0.25) is 4.98 Å². The van der Waals surface area contributed by atoms with Crippen molar-refractivity contribution in [2.75, 3.05) is 32.1 Å². The van der Waals surface area contributed by atoms with Crippen LogP contribution in [0.5, 0.6) is 11.5 Å². The van der Waals surface area contributed by atoms with E-state index in [1.807, 2.05) is 79.4 Å². The number of hydrogen-bond acceptors (Lipinski definition) is 7. The Hall–Kier alpha value is -4.50. The fourth-order valence-corrected chi connectivity index (χ4v) is 4.81. The van der Waals surface area contributed by atoms with Crippen LogP contribution in [0.2, 0.25) is 0 Å². The van der Waals surface area contributed by atoms with Crippen LogP contribution in [0.15, 0.2) is 67.1 Å². The smallest absolute Gasteiger partial charge is 0.317 e. The fourth-order valence-electron chi connectivity index (χ4n) is 4.81. The Morgan fingerprint density at radius 3 is 2.80 bits per heavy atom. The first-order valence-electron chi connectivity index (χ1n) is 13.4. The number of nitrogens with zero attached hydrogens (tertiary/aromatic N) is 4. The summed E-state index contributed by atoms with van der Waals surface area (Å²) in [4.78, 5) is 27.6. The predicted octanol–water partition coefficient (Wildman–Crippen LogP) is 6.01. The number of urea groups is 1. The number of likely N-dealkylation sites (tertiary alicyclic amines) is 1. The van der Waals surface area contributed by atoms with Crippen LogP contribution in [0.4, 0.5) is 16.3 Å². The van der Waals surface area contributed by atoms with Gasteiger partial charge < -0.3 is 25.0 Å². The van der Waals surface area contributed by atoms with Gasteiger partial charge in [-0.15, -0.1) is 0 Å². The molecule has 5 rings (SSSR count). The van der Waals surface area contributed by atoms with E-state index in [-0.39, 0.29) is 12.1 Å². The predicted molar refractivity (Wildman–Crippen MR) is 157 cm³/mol. The molecule has 3 heterocycles. The summed E-state index contributed by atoms with van der Waals surface area (Å²) < 4.78 is 11.3. The zero-order valence-electron chi connectivity index (χ0n) is 23.1. The maximum absolute atomic E-state index is 12.6. The highest BCUT2D eigenvalue weighted by atomic mass is 16.5. The number of pyridine rings is 1. The molecular weight excluding hydrogens is 504 g/mol. The number of aromatic nitrogens is 3. The minimum absolute atomic E-state index is 0.0511. The molecule has 0 unspecified atom stereocenters. The van der Waals surface area contributed by atoms with Gasteiger partial charge in [0.2, 0.25) is 0 Å². The number of aryl methyl sites for hydroxylation is 2. The summed E-state index contributed by atoms with van der Waals surface area (Å²) in [6, 6.07) is 15.9. The normalized spacial score (nSPS) is 15.1. The highest BCUT2D eigenvalue weighted by Crippen LogP contribution is 2.30. The number of methoxy groups -OCH3 is 1. The third kappa shape index (κ3) is 6.55. The molecule has 2 N–H and O–H groups in total. The number of ether oxygens (including phenoxy) is 2. The van der Waals surface area contributed by atoms with Gasteiger partial charge in [0.25, 0.3) is 0 Å². The molecule has 0 bridgehead atoms. The maximum Gasteiger partial charge on any atom is 0.317 e. The van der Waals surface area contributed by atoms with Crippen LogP contribution in [-0.4, -0.2) is 58.7 Å². The van der Waals surface area contributed by atoms with E-state index in [0.717, 1.165) is 58.5 Å². The molecule has 0 radical (unpaired) electrons.